The first-order chi connectivity index (χ1) is 12.7. The number of likely N-dealkylation sites (N-methyl/N-ethyl adjacent to an activating group) is 1. The number of benzene rings is 2. The molecule has 5 heteroatoms. The fourth-order valence-corrected chi connectivity index (χ4v) is 2.96. The van der Waals surface area contributed by atoms with Gasteiger partial charge in [0.2, 0.25) is 5.91 Å². The molecule has 0 saturated heterocycles. The van der Waals surface area contributed by atoms with Crippen LogP contribution >= 0.6 is 0 Å². The van der Waals surface area contributed by atoms with Gasteiger partial charge in [-0.2, -0.15) is 0 Å². The van der Waals surface area contributed by atoms with Crippen LogP contribution in [-0.4, -0.2) is 36.4 Å². The lowest BCUT2D eigenvalue weighted by Gasteiger charge is -2.37. The Morgan fingerprint density at radius 3 is 2.11 bits per heavy atom. The number of carbonyl (C=O) groups excluding carboxylic acids is 2. The Kier molecular flexibility index (Phi) is 6.26. The summed E-state index contributed by atoms with van der Waals surface area (Å²) in [5.41, 5.74) is 2.31. The van der Waals surface area contributed by atoms with Crippen LogP contribution < -0.4 is 10.1 Å². The second kappa shape index (κ2) is 8.25. The van der Waals surface area contributed by atoms with Crippen molar-refractivity contribution in [2.24, 2.45) is 0 Å². The predicted molar refractivity (Wildman–Crippen MR) is 108 cm³/mol. The van der Waals surface area contributed by atoms with E-state index in [9.17, 15) is 9.59 Å². The van der Waals surface area contributed by atoms with Gasteiger partial charge in [-0.15, -0.1) is 0 Å². The molecule has 2 rings (SSSR count). The van der Waals surface area contributed by atoms with Gasteiger partial charge in [-0.1, -0.05) is 25.1 Å². The molecular formula is C22H28N2O3. The molecule has 27 heavy (non-hydrogen) atoms. The van der Waals surface area contributed by atoms with E-state index in [0.717, 1.165) is 16.8 Å². The van der Waals surface area contributed by atoms with Crippen molar-refractivity contribution < 1.29 is 14.3 Å². The van der Waals surface area contributed by atoms with Crippen molar-refractivity contribution in [1.82, 2.24) is 4.90 Å². The Balaban J connectivity index is 2.27. The Hall–Kier alpha value is -2.82. The fraction of sp³-hybridized carbons (Fsp3) is 0.364. The normalized spacial score (nSPS) is 12.8. The quantitative estimate of drug-likeness (QED) is 0.832. The van der Waals surface area contributed by atoms with E-state index in [4.69, 9.17) is 4.74 Å². The Morgan fingerprint density at radius 1 is 1.07 bits per heavy atom. The summed E-state index contributed by atoms with van der Waals surface area (Å²) in [5, 5.41) is 3.02. The van der Waals surface area contributed by atoms with E-state index in [0.29, 0.717) is 17.7 Å². The average Bonchev–Trinajstić information content (AvgIpc) is 2.68. The zero-order valence-electron chi connectivity index (χ0n) is 16.9. The SMILES string of the molecule is CC[C@@](C)(C(=O)Nc1c(C)cccc1C)N(C)C(=O)c1ccc(OC)cc1. The first-order valence-electron chi connectivity index (χ1n) is 9.04. The van der Waals surface area contributed by atoms with Gasteiger partial charge in [0.1, 0.15) is 11.3 Å². The third-order valence-corrected chi connectivity index (χ3v) is 5.28. The van der Waals surface area contributed by atoms with Crippen molar-refractivity contribution in [2.45, 2.75) is 39.7 Å². The Bertz CT molecular complexity index is 810. The van der Waals surface area contributed by atoms with Crippen molar-refractivity contribution in [3.63, 3.8) is 0 Å². The largest absolute Gasteiger partial charge is 0.497 e. The highest BCUT2D eigenvalue weighted by molar-refractivity contribution is 6.04. The third kappa shape index (κ3) is 4.13. The van der Waals surface area contributed by atoms with Gasteiger partial charge in [-0.3, -0.25) is 9.59 Å². The molecule has 0 radical (unpaired) electrons. The minimum absolute atomic E-state index is 0.202. The van der Waals surface area contributed by atoms with E-state index < -0.39 is 5.54 Å². The molecule has 0 heterocycles. The minimum Gasteiger partial charge on any atom is -0.497 e. The first kappa shape index (κ1) is 20.5. The van der Waals surface area contributed by atoms with Crippen LogP contribution in [0.4, 0.5) is 5.69 Å². The number of nitrogens with one attached hydrogen (secondary N) is 1. The number of anilines is 1. The third-order valence-electron chi connectivity index (χ3n) is 5.28. The van der Waals surface area contributed by atoms with Crippen molar-refractivity contribution in [1.29, 1.82) is 0 Å². The number of rotatable bonds is 6. The molecule has 1 N–H and O–H groups in total. The number of ether oxygens (including phenoxy) is 1. The van der Waals surface area contributed by atoms with Crippen molar-refractivity contribution in [3.8, 4) is 5.75 Å². The molecule has 0 spiro atoms. The number of hydrogen-bond acceptors (Lipinski definition) is 3. The van der Waals surface area contributed by atoms with Crippen LogP contribution in [0, 0.1) is 13.8 Å². The summed E-state index contributed by atoms with van der Waals surface area (Å²) in [6.07, 6.45) is 0.488. The van der Waals surface area contributed by atoms with Gasteiger partial charge >= 0.3 is 0 Å². The van der Waals surface area contributed by atoms with Gasteiger partial charge in [-0.25, -0.2) is 0 Å². The summed E-state index contributed by atoms with van der Waals surface area (Å²) in [5.74, 6) is 0.269. The van der Waals surface area contributed by atoms with E-state index in [2.05, 4.69) is 5.32 Å². The number of methoxy groups -OCH3 is 1. The van der Waals surface area contributed by atoms with Crippen molar-refractivity contribution in [2.75, 3.05) is 19.5 Å². The summed E-state index contributed by atoms with van der Waals surface area (Å²) in [6.45, 7) is 7.61. The predicted octanol–water partition coefficient (Wildman–Crippen LogP) is 4.19. The molecule has 0 aromatic heterocycles. The molecule has 2 aromatic carbocycles. The van der Waals surface area contributed by atoms with Crippen LogP contribution in [-0.2, 0) is 4.79 Å². The molecule has 0 fully saturated rings. The maximum atomic E-state index is 13.1. The Labute approximate surface area is 161 Å². The molecule has 0 saturated carbocycles. The number of amides is 2. The molecular weight excluding hydrogens is 340 g/mol. The summed E-state index contributed by atoms with van der Waals surface area (Å²) < 4.78 is 5.14. The monoisotopic (exact) mass is 368 g/mol. The molecule has 0 bridgehead atoms. The molecule has 2 aromatic rings. The Morgan fingerprint density at radius 2 is 1.63 bits per heavy atom. The molecule has 144 valence electrons. The number of aryl methyl sites for hydroxylation is 2. The average molecular weight is 368 g/mol. The summed E-state index contributed by atoms with van der Waals surface area (Å²) >= 11 is 0. The second-order valence-electron chi connectivity index (χ2n) is 6.94. The van der Waals surface area contributed by atoms with Crippen LogP contribution in [0.1, 0.15) is 41.8 Å². The topological polar surface area (TPSA) is 58.6 Å². The summed E-state index contributed by atoms with van der Waals surface area (Å²) in [7, 11) is 3.25. The number of hydrogen-bond donors (Lipinski definition) is 1. The van der Waals surface area contributed by atoms with Gasteiger partial charge in [0.05, 0.1) is 7.11 Å². The molecule has 1 atom stereocenters. The lowest BCUT2D eigenvalue weighted by Crippen LogP contribution is -2.55. The van der Waals surface area contributed by atoms with Crippen molar-refractivity contribution in [3.05, 3.63) is 59.2 Å². The van der Waals surface area contributed by atoms with E-state index in [-0.39, 0.29) is 11.8 Å². The van der Waals surface area contributed by atoms with E-state index in [1.165, 1.54) is 4.90 Å². The highest BCUT2D eigenvalue weighted by atomic mass is 16.5. The van der Waals surface area contributed by atoms with E-state index >= 15 is 0 Å². The number of carbonyl (C=O) groups is 2. The second-order valence-corrected chi connectivity index (χ2v) is 6.94. The van der Waals surface area contributed by atoms with Crippen LogP contribution in [0.25, 0.3) is 0 Å². The van der Waals surface area contributed by atoms with Crippen LogP contribution in [0.2, 0.25) is 0 Å². The molecule has 0 unspecified atom stereocenters. The highest BCUT2D eigenvalue weighted by Crippen LogP contribution is 2.26. The van der Waals surface area contributed by atoms with Crippen LogP contribution in [0.15, 0.2) is 42.5 Å². The first-order valence-corrected chi connectivity index (χ1v) is 9.04. The molecule has 0 aliphatic heterocycles. The van der Waals surface area contributed by atoms with Gasteiger partial charge in [-0.05, 0) is 62.6 Å². The number of nitrogens with zero attached hydrogens (tertiary/aromatic N) is 1. The van der Waals surface area contributed by atoms with Crippen LogP contribution in [0.3, 0.4) is 0 Å². The maximum Gasteiger partial charge on any atom is 0.254 e. The van der Waals surface area contributed by atoms with Gasteiger partial charge in [0, 0.05) is 18.3 Å². The van der Waals surface area contributed by atoms with Gasteiger partial charge < -0.3 is 15.0 Å². The lowest BCUT2D eigenvalue weighted by atomic mass is 9.94. The van der Waals surface area contributed by atoms with Crippen LogP contribution in [0.5, 0.6) is 5.75 Å². The van der Waals surface area contributed by atoms with Crippen molar-refractivity contribution >= 4 is 17.5 Å². The van der Waals surface area contributed by atoms with E-state index in [1.54, 1.807) is 45.3 Å². The van der Waals surface area contributed by atoms with Gasteiger partial charge in [0.25, 0.3) is 5.91 Å². The molecule has 5 nitrogen and oxygen atoms in total. The van der Waals surface area contributed by atoms with E-state index in [1.807, 2.05) is 39.0 Å². The highest BCUT2D eigenvalue weighted by Gasteiger charge is 2.39. The summed E-state index contributed by atoms with van der Waals surface area (Å²) in [4.78, 5) is 27.6. The lowest BCUT2D eigenvalue weighted by molar-refractivity contribution is -0.125. The standard InChI is InChI=1S/C22H28N2O3/c1-7-22(4,21(26)23-19-15(2)9-8-10-16(19)3)24(5)20(25)17-11-13-18(27-6)14-12-17/h8-14H,7H2,1-6H3,(H,23,26)/t22-/m0/s1. The summed E-state index contributed by atoms with van der Waals surface area (Å²) in [6, 6.07) is 12.8. The smallest absolute Gasteiger partial charge is 0.254 e. The molecule has 2 amide bonds. The molecule has 0 aliphatic rings. The fourth-order valence-electron chi connectivity index (χ4n) is 2.96. The zero-order chi connectivity index (χ0) is 20.2. The number of para-hydroxylation sites is 1. The van der Waals surface area contributed by atoms with Gasteiger partial charge in [0.15, 0.2) is 0 Å². The zero-order valence-corrected chi connectivity index (χ0v) is 16.9. The minimum atomic E-state index is -0.980. The molecule has 0 aliphatic carbocycles. The maximum absolute atomic E-state index is 13.1.